The molecule has 0 saturated heterocycles. The van der Waals surface area contributed by atoms with Gasteiger partial charge in [-0.05, 0) is 29.3 Å². The van der Waals surface area contributed by atoms with Crippen molar-refractivity contribution in [2.45, 2.75) is 6.92 Å². The number of hydrogen-bond donors (Lipinski definition) is 1. The molecule has 3 aromatic carbocycles. The van der Waals surface area contributed by atoms with Crippen LogP contribution in [0.3, 0.4) is 0 Å². The van der Waals surface area contributed by atoms with Gasteiger partial charge in [0.1, 0.15) is 0 Å². The number of aromatic amines is 1. The maximum absolute atomic E-state index is 3.94. The minimum Gasteiger partial charge on any atom is -0.354 e. The van der Waals surface area contributed by atoms with E-state index >= 15 is 0 Å². The van der Waals surface area contributed by atoms with Gasteiger partial charge in [-0.15, -0.1) is 0 Å². The first-order valence-corrected chi connectivity index (χ1v) is 7.54. The van der Waals surface area contributed by atoms with E-state index in [4.69, 9.17) is 0 Å². The molecule has 106 valence electrons. The highest BCUT2D eigenvalue weighted by Crippen LogP contribution is 2.35. The highest BCUT2D eigenvalue weighted by molar-refractivity contribution is 6.21. The average molecular weight is 283 g/mol. The van der Waals surface area contributed by atoms with Crippen LogP contribution in [0.1, 0.15) is 18.1 Å². The third kappa shape index (κ3) is 1.72. The van der Waals surface area contributed by atoms with Crippen molar-refractivity contribution in [3.63, 3.8) is 0 Å². The van der Waals surface area contributed by atoms with Crippen LogP contribution in [0.5, 0.6) is 0 Å². The minimum absolute atomic E-state index is 1.15. The first kappa shape index (κ1) is 12.9. The second-order valence-electron chi connectivity index (χ2n) is 5.53. The molecule has 1 N–H and O–H groups in total. The second kappa shape index (κ2) is 4.88. The van der Waals surface area contributed by atoms with Crippen LogP contribution in [-0.4, -0.2) is 4.98 Å². The molecular formula is C21H17N. The molecule has 0 atom stereocenters. The Morgan fingerprint density at radius 2 is 1.82 bits per heavy atom. The Hall–Kier alpha value is -2.80. The summed E-state index contributed by atoms with van der Waals surface area (Å²) in [5.74, 6) is 0. The van der Waals surface area contributed by atoms with Gasteiger partial charge in [-0.1, -0.05) is 67.3 Å². The van der Waals surface area contributed by atoms with Crippen molar-refractivity contribution in [1.29, 1.82) is 0 Å². The van der Waals surface area contributed by atoms with Crippen LogP contribution in [0.15, 0.2) is 61.2 Å². The van der Waals surface area contributed by atoms with Crippen LogP contribution in [0.4, 0.5) is 0 Å². The topological polar surface area (TPSA) is 15.8 Å². The normalized spacial score (nSPS) is 11.9. The summed E-state index contributed by atoms with van der Waals surface area (Å²) in [6, 6.07) is 17.3. The summed E-state index contributed by atoms with van der Waals surface area (Å²) >= 11 is 0. The number of rotatable bonds is 2. The van der Waals surface area contributed by atoms with Crippen molar-refractivity contribution in [3.05, 3.63) is 72.3 Å². The minimum atomic E-state index is 1.15. The largest absolute Gasteiger partial charge is 0.354 e. The van der Waals surface area contributed by atoms with Crippen molar-refractivity contribution < 1.29 is 0 Å². The van der Waals surface area contributed by atoms with Gasteiger partial charge in [0, 0.05) is 21.9 Å². The van der Waals surface area contributed by atoms with Crippen molar-refractivity contribution in [3.8, 4) is 0 Å². The zero-order valence-electron chi connectivity index (χ0n) is 12.6. The molecule has 0 amide bonds. The van der Waals surface area contributed by atoms with Crippen LogP contribution in [-0.2, 0) is 0 Å². The van der Waals surface area contributed by atoms with E-state index in [0.29, 0.717) is 0 Å². The molecule has 1 heteroatoms. The molecule has 4 aromatic rings. The van der Waals surface area contributed by atoms with Crippen LogP contribution in [0.25, 0.3) is 44.7 Å². The molecule has 0 fully saturated rings. The van der Waals surface area contributed by atoms with Crippen LogP contribution in [0, 0.1) is 0 Å². The fourth-order valence-electron chi connectivity index (χ4n) is 3.30. The van der Waals surface area contributed by atoms with Gasteiger partial charge in [-0.2, -0.15) is 0 Å². The molecule has 0 unspecified atom stereocenters. The molecule has 0 saturated carbocycles. The maximum Gasteiger partial charge on any atom is 0.0544 e. The lowest BCUT2D eigenvalue weighted by molar-refractivity contribution is 1.52. The SMILES string of the molecule is C=Cc1ccc2c([nH]c3ccc4ccccc4c32)c1/C=C\C. The zero-order chi connectivity index (χ0) is 15.1. The molecule has 22 heavy (non-hydrogen) atoms. The first-order valence-electron chi connectivity index (χ1n) is 7.54. The predicted octanol–water partition coefficient (Wildman–Crippen LogP) is 6.15. The van der Waals surface area contributed by atoms with E-state index in [1.165, 1.54) is 38.1 Å². The summed E-state index contributed by atoms with van der Waals surface area (Å²) in [6.07, 6.45) is 6.14. The first-order chi connectivity index (χ1) is 10.8. The molecule has 1 heterocycles. The number of fused-ring (bicyclic) bond motifs is 5. The van der Waals surface area contributed by atoms with E-state index in [1.807, 2.05) is 13.0 Å². The molecule has 0 aliphatic heterocycles. The van der Waals surface area contributed by atoms with E-state index in [0.717, 1.165) is 5.56 Å². The highest BCUT2D eigenvalue weighted by atomic mass is 14.7. The fraction of sp³-hybridized carbons (Fsp3) is 0.0476. The smallest absolute Gasteiger partial charge is 0.0544 e. The van der Waals surface area contributed by atoms with Gasteiger partial charge in [-0.25, -0.2) is 0 Å². The summed E-state index contributed by atoms with van der Waals surface area (Å²) in [5, 5.41) is 5.14. The van der Waals surface area contributed by atoms with Crippen molar-refractivity contribution in [1.82, 2.24) is 4.98 Å². The Morgan fingerprint density at radius 3 is 2.64 bits per heavy atom. The standard InChI is InChI=1S/C21H17N/c1-3-7-17-14(4-2)10-12-18-20-16-9-6-5-8-15(16)11-13-19(20)22-21(17)18/h3-13,22H,2H2,1H3/b7-3-. The molecule has 1 nitrogen and oxygen atoms in total. The molecule has 0 spiro atoms. The van der Waals surface area contributed by atoms with Gasteiger partial charge in [0.25, 0.3) is 0 Å². The van der Waals surface area contributed by atoms with E-state index < -0.39 is 0 Å². The Bertz CT molecular complexity index is 1050. The molecule has 0 aliphatic carbocycles. The number of benzene rings is 3. The Labute approximate surface area is 129 Å². The van der Waals surface area contributed by atoms with Gasteiger partial charge in [0.05, 0.1) is 5.52 Å². The molecule has 1 aromatic heterocycles. The quantitative estimate of drug-likeness (QED) is 0.454. The lowest BCUT2D eigenvalue weighted by Gasteiger charge is -2.03. The Morgan fingerprint density at radius 1 is 0.955 bits per heavy atom. The lowest BCUT2D eigenvalue weighted by Crippen LogP contribution is -1.82. The van der Waals surface area contributed by atoms with Crippen molar-refractivity contribution >= 4 is 44.7 Å². The van der Waals surface area contributed by atoms with Crippen molar-refractivity contribution in [2.24, 2.45) is 0 Å². The Balaban J connectivity index is 2.25. The van der Waals surface area contributed by atoms with Gasteiger partial charge in [0.15, 0.2) is 0 Å². The zero-order valence-corrected chi connectivity index (χ0v) is 12.6. The monoisotopic (exact) mass is 283 g/mol. The average Bonchev–Trinajstić information content (AvgIpc) is 2.95. The Kier molecular flexibility index (Phi) is 2.87. The number of aromatic nitrogens is 1. The summed E-state index contributed by atoms with van der Waals surface area (Å²) in [6.45, 7) is 5.98. The number of hydrogen-bond acceptors (Lipinski definition) is 0. The van der Waals surface area contributed by atoms with E-state index in [-0.39, 0.29) is 0 Å². The van der Waals surface area contributed by atoms with Gasteiger partial charge in [0.2, 0.25) is 0 Å². The van der Waals surface area contributed by atoms with Crippen LogP contribution in [0.2, 0.25) is 0 Å². The summed E-state index contributed by atoms with van der Waals surface area (Å²) in [4.78, 5) is 3.60. The van der Waals surface area contributed by atoms with E-state index in [9.17, 15) is 0 Å². The number of H-pyrrole nitrogens is 1. The van der Waals surface area contributed by atoms with Gasteiger partial charge >= 0.3 is 0 Å². The lowest BCUT2D eigenvalue weighted by atomic mass is 10.00. The van der Waals surface area contributed by atoms with Crippen molar-refractivity contribution in [2.75, 3.05) is 0 Å². The molecule has 4 rings (SSSR count). The third-order valence-corrected chi connectivity index (χ3v) is 4.29. The fourth-order valence-corrected chi connectivity index (χ4v) is 3.30. The van der Waals surface area contributed by atoms with Crippen LogP contribution < -0.4 is 0 Å². The van der Waals surface area contributed by atoms with E-state index in [1.54, 1.807) is 0 Å². The van der Waals surface area contributed by atoms with Crippen LogP contribution >= 0.6 is 0 Å². The summed E-state index contributed by atoms with van der Waals surface area (Å²) < 4.78 is 0. The number of nitrogens with one attached hydrogen (secondary N) is 1. The molecular weight excluding hydrogens is 266 g/mol. The van der Waals surface area contributed by atoms with Gasteiger partial charge < -0.3 is 4.98 Å². The maximum atomic E-state index is 3.94. The predicted molar refractivity (Wildman–Crippen MR) is 98.1 cm³/mol. The third-order valence-electron chi connectivity index (χ3n) is 4.29. The summed E-state index contributed by atoms with van der Waals surface area (Å²) in [7, 11) is 0. The molecule has 0 radical (unpaired) electrons. The van der Waals surface area contributed by atoms with E-state index in [2.05, 4.69) is 72.2 Å². The molecule has 0 bridgehead atoms. The highest BCUT2D eigenvalue weighted by Gasteiger charge is 2.11. The van der Waals surface area contributed by atoms with Gasteiger partial charge in [-0.3, -0.25) is 0 Å². The molecule has 0 aliphatic rings. The second-order valence-corrected chi connectivity index (χ2v) is 5.53. The summed E-state index contributed by atoms with van der Waals surface area (Å²) in [5.41, 5.74) is 4.72. The number of allylic oxidation sites excluding steroid dienone is 1.